The van der Waals surface area contributed by atoms with Gasteiger partial charge in [-0.1, -0.05) is 19.0 Å². The normalized spacial score (nSPS) is 25.3. The van der Waals surface area contributed by atoms with Crippen LogP contribution in [-0.4, -0.2) is 52.5 Å². The first-order valence-electron chi connectivity index (χ1n) is 8.19. The monoisotopic (exact) mass is 306 g/mol. The Hall–Kier alpha value is -1.43. The molecule has 6 nitrogen and oxygen atoms in total. The molecule has 6 heteroatoms. The Kier molecular flexibility index (Phi) is 3.97. The summed E-state index contributed by atoms with van der Waals surface area (Å²) < 4.78 is 5.38. The summed E-state index contributed by atoms with van der Waals surface area (Å²) in [5, 5.41) is 3.92. The second kappa shape index (κ2) is 5.65. The predicted molar refractivity (Wildman–Crippen MR) is 82.1 cm³/mol. The van der Waals surface area contributed by atoms with Crippen molar-refractivity contribution in [3.8, 4) is 0 Å². The maximum Gasteiger partial charge on any atom is 0.243 e. The van der Waals surface area contributed by atoms with Crippen LogP contribution in [0.4, 0.5) is 0 Å². The van der Waals surface area contributed by atoms with Crippen molar-refractivity contribution in [3.05, 3.63) is 11.7 Å². The molecule has 3 rings (SSSR count). The maximum atomic E-state index is 12.1. The molecule has 2 saturated heterocycles. The van der Waals surface area contributed by atoms with E-state index < -0.39 is 0 Å². The van der Waals surface area contributed by atoms with Crippen LogP contribution in [-0.2, 0) is 4.79 Å². The van der Waals surface area contributed by atoms with Crippen molar-refractivity contribution in [1.82, 2.24) is 19.9 Å². The van der Waals surface area contributed by atoms with E-state index in [1.807, 2.05) is 25.7 Å². The molecule has 2 aliphatic heterocycles. The Morgan fingerprint density at radius 1 is 1.36 bits per heavy atom. The second-order valence-electron chi connectivity index (χ2n) is 7.29. The summed E-state index contributed by atoms with van der Waals surface area (Å²) in [7, 11) is 2.13. The van der Waals surface area contributed by atoms with E-state index in [-0.39, 0.29) is 23.3 Å². The van der Waals surface area contributed by atoms with Crippen molar-refractivity contribution in [1.29, 1.82) is 0 Å². The van der Waals surface area contributed by atoms with E-state index >= 15 is 0 Å². The lowest BCUT2D eigenvalue weighted by atomic mass is 9.76. The van der Waals surface area contributed by atoms with Gasteiger partial charge < -0.3 is 9.42 Å². The van der Waals surface area contributed by atoms with E-state index in [9.17, 15) is 4.79 Å². The van der Waals surface area contributed by atoms with Gasteiger partial charge in [-0.15, -0.1) is 0 Å². The summed E-state index contributed by atoms with van der Waals surface area (Å²) in [5.41, 5.74) is 0.287. The molecule has 0 saturated carbocycles. The summed E-state index contributed by atoms with van der Waals surface area (Å²) in [6, 6.07) is 0.216. The van der Waals surface area contributed by atoms with Gasteiger partial charge in [-0.3, -0.25) is 9.69 Å². The van der Waals surface area contributed by atoms with Gasteiger partial charge in [0.2, 0.25) is 11.8 Å². The molecular formula is C16H26N4O2. The number of aromatic nitrogens is 2. The van der Waals surface area contributed by atoms with Crippen LogP contribution >= 0.6 is 0 Å². The van der Waals surface area contributed by atoms with Crippen LogP contribution in [0.25, 0.3) is 0 Å². The van der Waals surface area contributed by atoms with Gasteiger partial charge in [0.1, 0.15) is 0 Å². The molecule has 22 heavy (non-hydrogen) atoms. The van der Waals surface area contributed by atoms with Crippen LogP contribution in [0.5, 0.6) is 0 Å². The molecule has 1 aromatic heterocycles. The Bertz CT molecular complexity index is 546. The first-order chi connectivity index (χ1) is 10.4. The van der Waals surface area contributed by atoms with Crippen molar-refractivity contribution >= 4 is 5.91 Å². The summed E-state index contributed by atoms with van der Waals surface area (Å²) in [6.45, 7) is 8.60. The lowest BCUT2D eigenvalue weighted by Crippen LogP contribution is -2.45. The number of amides is 1. The number of nitrogens with zero attached hydrogens (tertiary/aromatic N) is 4. The minimum absolute atomic E-state index is 0.0921. The number of likely N-dealkylation sites (tertiary alicyclic amines) is 2. The SMILES string of the molecule is Cc1noc(C2CC3(CCN(C(=O)C(C)C)CC3)CN2C)n1. The highest BCUT2D eigenvalue weighted by molar-refractivity contribution is 5.78. The van der Waals surface area contributed by atoms with Crippen molar-refractivity contribution in [3.63, 3.8) is 0 Å². The Balaban J connectivity index is 1.66. The third kappa shape index (κ3) is 2.76. The van der Waals surface area contributed by atoms with Crippen LogP contribution in [0.1, 0.15) is 50.9 Å². The third-order valence-corrected chi connectivity index (χ3v) is 5.20. The van der Waals surface area contributed by atoms with Gasteiger partial charge >= 0.3 is 0 Å². The first-order valence-corrected chi connectivity index (χ1v) is 8.19. The molecule has 0 aromatic carbocycles. The lowest BCUT2D eigenvalue weighted by Gasteiger charge is -2.39. The largest absolute Gasteiger partial charge is 0.342 e. The standard InChI is InChI=1S/C16H26N4O2/c1-11(2)15(21)20-7-5-16(6-8-20)9-13(19(4)10-16)14-17-12(3)18-22-14/h11,13H,5-10H2,1-4H3. The molecular weight excluding hydrogens is 280 g/mol. The number of carbonyl (C=O) groups excluding carboxylic acids is 1. The molecule has 1 amide bonds. The zero-order chi connectivity index (χ0) is 15.9. The molecule has 3 heterocycles. The summed E-state index contributed by atoms with van der Waals surface area (Å²) in [4.78, 5) is 20.9. The number of rotatable bonds is 2. The van der Waals surface area contributed by atoms with E-state index in [0.717, 1.165) is 44.8 Å². The smallest absolute Gasteiger partial charge is 0.243 e. The number of aryl methyl sites for hydroxylation is 1. The van der Waals surface area contributed by atoms with Crippen LogP contribution in [0.3, 0.4) is 0 Å². The van der Waals surface area contributed by atoms with Crippen molar-refractivity contribution in [2.75, 3.05) is 26.7 Å². The van der Waals surface area contributed by atoms with E-state index in [4.69, 9.17) is 4.52 Å². The molecule has 2 aliphatic rings. The van der Waals surface area contributed by atoms with Gasteiger partial charge in [0.25, 0.3) is 0 Å². The van der Waals surface area contributed by atoms with Crippen LogP contribution in [0, 0.1) is 18.3 Å². The van der Waals surface area contributed by atoms with Crippen LogP contribution in [0.15, 0.2) is 4.52 Å². The molecule has 1 unspecified atom stereocenters. The molecule has 1 aromatic rings. The molecule has 122 valence electrons. The molecule has 0 radical (unpaired) electrons. The predicted octanol–water partition coefficient (Wildman–Crippen LogP) is 2.02. The molecule has 1 spiro atoms. The summed E-state index contributed by atoms with van der Waals surface area (Å²) in [5.74, 6) is 1.80. The number of carbonyl (C=O) groups is 1. The quantitative estimate of drug-likeness (QED) is 0.836. The van der Waals surface area contributed by atoms with Crippen molar-refractivity contribution in [2.24, 2.45) is 11.3 Å². The number of hydrogen-bond donors (Lipinski definition) is 0. The highest BCUT2D eigenvalue weighted by atomic mass is 16.5. The topological polar surface area (TPSA) is 62.5 Å². The van der Waals surface area contributed by atoms with Crippen LogP contribution < -0.4 is 0 Å². The van der Waals surface area contributed by atoms with E-state index in [1.165, 1.54) is 0 Å². The zero-order valence-corrected chi connectivity index (χ0v) is 14.0. The average Bonchev–Trinajstić information content (AvgIpc) is 3.03. The van der Waals surface area contributed by atoms with Crippen LogP contribution in [0.2, 0.25) is 0 Å². The van der Waals surface area contributed by atoms with Gasteiger partial charge in [0.15, 0.2) is 5.82 Å². The Morgan fingerprint density at radius 3 is 2.59 bits per heavy atom. The van der Waals surface area contributed by atoms with Crippen molar-refractivity contribution in [2.45, 2.75) is 46.1 Å². The summed E-state index contributed by atoms with van der Waals surface area (Å²) >= 11 is 0. The average molecular weight is 306 g/mol. The maximum absolute atomic E-state index is 12.1. The molecule has 0 bridgehead atoms. The lowest BCUT2D eigenvalue weighted by molar-refractivity contribution is -0.136. The Morgan fingerprint density at radius 2 is 2.05 bits per heavy atom. The minimum Gasteiger partial charge on any atom is -0.342 e. The van der Waals surface area contributed by atoms with E-state index in [0.29, 0.717) is 5.82 Å². The second-order valence-corrected chi connectivity index (χ2v) is 7.29. The number of piperidine rings is 1. The highest BCUT2D eigenvalue weighted by Crippen LogP contribution is 2.47. The third-order valence-electron chi connectivity index (χ3n) is 5.20. The van der Waals surface area contributed by atoms with Gasteiger partial charge in [-0.2, -0.15) is 4.98 Å². The zero-order valence-electron chi connectivity index (χ0n) is 14.0. The van der Waals surface area contributed by atoms with Gasteiger partial charge in [0, 0.05) is 25.6 Å². The summed E-state index contributed by atoms with van der Waals surface area (Å²) in [6.07, 6.45) is 3.19. The van der Waals surface area contributed by atoms with Gasteiger partial charge in [0.05, 0.1) is 6.04 Å². The molecule has 2 fully saturated rings. The first kappa shape index (κ1) is 15.5. The van der Waals surface area contributed by atoms with E-state index in [2.05, 4.69) is 22.1 Å². The fraction of sp³-hybridized carbons (Fsp3) is 0.812. The molecule has 1 atom stereocenters. The van der Waals surface area contributed by atoms with Crippen molar-refractivity contribution < 1.29 is 9.32 Å². The number of hydrogen-bond acceptors (Lipinski definition) is 5. The van der Waals surface area contributed by atoms with E-state index in [1.54, 1.807) is 0 Å². The van der Waals surface area contributed by atoms with Gasteiger partial charge in [-0.05, 0) is 38.6 Å². The minimum atomic E-state index is 0.0921. The van der Waals surface area contributed by atoms with Gasteiger partial charge in [-0.25, -0.2) is 0 Å². The Labute approximate surface area is 131 Å². The molecule has 0 aliphatic carbocycles. The highest BCUT2D eigenvalue weighted by Gasteiger charge is 2.46. The molecule has 0 N–H and O–H groups in total. The fourth-order valence-corrected chi connectivity index (χ4v) is 3.92. The fourth-order valence-electron chi connectivity index (χ4n) is 3.92.